The number of carbonyl (C=O) groups excluding carboxylic acids is 2. The van der Waals surface area contributed by atoms with Gasteiger partial charge in [-0.05, 0) is 43.3 Å². The van der Waals surface area contributed by atoms with E-state index in [1.165, 1.54) is 11.8 Å². The highest BCUT2D eigenvalue weighted by atomic mass is 32.2. The topological polar surface area (TPSA) is 109 Å². The highest BCUT2D eigenvalue weighted by Crippen LogP contribution is 2.24. The molecule has 1 unspecified atom stereocenters. The summed E-state index contributed by atoms with van der Waals surface area (Å²) in [5.74, 6) is 0.928. The molecule has 0 fully saturated rings. The zero-order chi connectivity index (χ0) is 21.5. The van der Waals surface area contributed by atoms with Crippen molar-refractivity contribution in [3.05, 3.63) is 59.9 Å². The number of amides is 2. The lowest BCUT2D eigenvalue weighted by Crippen LogP contribution is -2.22. The van der Waals surface area contributed by atoms with Crippen molar-refractivity contribution in [3.63, 3.8) is 0 Å². The molecule has 0 aliphatic carbocycles. The predicted molar refractivity (Wildman–Crippen MR) is 117 cm³/mol. The van der Waals surface area contributed by atoms with Gasteiger partial charge in [0.1, 0.15) is 11.6 Å². The Morgan fingerprint density at radius 1 is 1.13 bits per heavy atom. The van der Waals surface area contributed by atoms with Crippen molar-refractivity contribution in [2.45, 2.75) is 30.7 Å². The molecular formula is C21H23N5O3S. The van der Waals surface area contributed by atoms with Crippen LogP contribution >= 0.6 is 11.8 Å². The number of aromatic amines is 1. The fraction of sp³-hybridized carbons (Fsp3) is 0.238. The van der Waals surface area contributed by atoms with Gasteiger partial charge in [-0.1, -0.05) is 30.8 Å². The maximum atomic E-state index is 12.5. The summed E-state index contributed by atoms with van der Waals surface area (Å²) in [4.78, 5) is 29.2. The molecule has 0 aliphatic rings. The number of H-pyrrole nitrogens is 1. The number of anilines is 2. The Hall–Kier alpha value is -3.33. The number of ether oxygens (including phenoxy) is 1. The fourth-order valence-corrected chi connectivity index (χ4v) is 3.33. The highest BCUT2D eigenvalue weighted by molar-refractivity contribution is 8.00. The molecule has 2 aromatic carbocycles. The van der Waals surface area contributed by atoms with Crippen molar-refractivity contribution < 1.29 is 14.3 Å². The zero-order valence-corrected chi connectivity index (χ0v) is 17.7. The number of carbonyl (C=O) groups is 2. The Kier molecular flexibility index (Phi) is 7.08. The number of nitrogens with zero attached hydrogens (tertiary/aromatic N) is 2. The van der Waals surface area contributed by atoms with E-state index in [0.717, 1.165) is 12.2 Å². The van der Waals surface area contributed by atoms with Gasteiger partial charge in [0.05, 0.1) is 18.0 Å². The lowest BCUT2D eigenvalue weighted by molar-refractivity contribution is -0.115. The van der Waals surface area contributed by atoms with Crippen molar-refractivity contribution >= 4 is 35.0 Å². The molecule has 30 heavy (non-hydrogen) atoms. The third kappa shape index (κ3) is 5.38. The smallest absolute Gasteiger partial charge is 0.255 e. The van der Waals surface area contributed by atoms with E-state index in [9.17, 15) is 9.59 Å². The Labute approximate surface area is 178 Å². The molecule has 0 saturated heterocycles. The van der Waals surface area contributed by atoms with Crippen molar-refractivity contribution in [3.8, 4) is 5.75 Å². The summed E-state index contributed by atoms with van der Waals surface area (Å²) >= 11 is 1.28. The van der Waals surface area contributed by atoms with Crippen LogP contribution in [0, 0.1) is 0 Å². The maximum Gasteiger partial charge on any atom is 0.255 e. The molecule has 3 N–H and O–H groups in total. The number of aromatic nitrogens is 3. The lowest BCUT2D eigenvalue weighted by atomic mass is 10.2. The number of benzene rings is 2. The first-order valence-electron chi connectivity index (χ1n) is 9.43. The molecule has 3 rings (SSSR count). The van der Waals surface area contributed by atoms with E-state index in [1.54, 1.807) is 50.4 Å². The van der Waals surface area contributed by atoms with E-state index in [0.29, 0.717) is 27.8 Å². The molecule has 0 aliphatic heterocycles. The van der Waals surface area contributed by atoms with Gasteiger partial charge in [0.25, 0.3) is 5.91 Å². The van der Waals surface area contributed by atoms with Crippen LogP contribution in [0.5, 0.6) is 5.75 Å². The standard InChI is InChI=1S/C21H23N5O3S/c1-4-18-24-21(26-25-18)30-13(2)19(27)22-15-11-9-14(10-12-15)20(28)23-16-7-5-6-8-17(16)29-3/h5-13H,4H2,1-3H3,(H,22,27)(H,23,28)(H,24,25,26). The Bertz CT molecular complexity index is 1020. The van der Waals surface area contributed by atoms with E-state index >= 15 is 0 Å². The number of hydrogen-bond acceptors (Lipinski definition) is 6. The molecule has 0 bridgehead atoms. The van der Waals surface area contributed by atoms with Crippen LogP contribution in [0.3, 0.4) is 0 Å². The molecule has 156 valence electrons. The molecule has 9 heteroatoms. The van der Waals surface area contributed by atoms with Crippen LogP contribution in [-0.4, -0.2) is 39.4 Å². The van der Waals surface area contributed by atoms with Gasteiger partial charge in [-0.3, -0.25) is 14.7 Å². The third-order valence-electron chi connectivity index (χ3n) is 4.27. The molecule has 1 atom stereocenters. The quantitative estimate of drug-likeness (QED) is 0.474. The molecule has 1 aromatic heterocycles. The molecule has 0 saturated carbocycles. The number of hydrogen-bond donors (Lipinski definition) is 3. The van der Waals surface area contributed by atoms with Crippen molar-refractivity contribution in [2.24, 2.45) is 0 Å². The Morgan fingerprint density at radius 3 is 2.53 bits per heavy atom. The van der Waals surface area contributed by atoms with Gasteiger partial charge in [-0.2, -0.15) is 0 Å². The van der Waals surface area contributed by atoms with Gasteiger partial charge in [0, 0.05) is 17.7 Å². The van der Waals surface area contributed by atoms with Gasteiger partial charge in [-0.25, -0.2) is 4.98 Å². The van der Waals surface area contributed by atoms with Crippen molar-refractivity contribution in [1.29, 1.82) is 0 Å². The van der Waals surface area contributed by atoms with Crippen LogP contribution in [0.15, 0.2) is 53.7 Å². The van der Waals surface area contributed by atoms with Gasteiger partial charge in [0.15, 0.2) is 0 Å². The summed E-state index contributed by atoms with van der Waals surface area (Å²) in [6, 6.07) is 13.9. The van der Waals surface area contributed by atoms with Gasteiger partial charge in [-0.15, -0.1) is 5.10 Å². The molecular weight excluding hydrogens is 402 g/mol. The summed E-state index contributed by atoms with van der Waals surface area (Å²) in [5, 5.41) is 12.7. The average Bonchev–Trinajstić information content (AvgIpc) is 3.22. The Balaban J connectivity index is 1.58. The summed E-state index contributed by atoms with van der Waals surface area (Å²) in [5.41, 5.74) is 1.66. The predicted octanol–water partition coefficient (Wildman–Crippen LogP) is 3.75. The third-order valence-corrected chi connectivity index (χ3v) is 5.23. The molecule has 0 spiro atoms. The normalized spacial score (nSPS) is 11.6. The van der Waals surface area contributed by atoms with E-state index in [-0.39, 0.29) is 17.1 Å². The van der Waals surface area contributed by atoms with Crippen molar-refractivity contribution in [1.82, 2.24) is 15.2 Å². The monoisotopic (exact) mass is 425 g/mol. The molecule has 8 nitrogen and oxygen atoms in total. The molecule has 0 radical (unpaired) electrons. The number of nitrogens with one attached hydrogen (secondary N) is 3. The number of aryl methyl sites for hydroxylation is 1. The average molecular weight is 426 g/mol. The molecule has 3 aromatic rings. The maximum absolute atomic E-state index is 12.5. The minimum absolute atomic E-state index is 0.172. The summed E-state index contributed by atoms with van der Waals surface area (Å²) in [6.45, 7) is 3.77. The minimum atomic E-state index is -0.376. The number of thioether (sulfide) groups is 1. The second kappa shape index (κ2) is 9.93. The number of methoxy groups -OCH3 is 1. The summed E-state index contributed by atoms with van der Waals surface area (Å²) in [6.07, 6.45) is 0.755. The second-order valence-corrected chi connectivity index (χ2v) is 7.71. The van der Waals surface area contributed by atoms with Crippen LogP contribution in [0.1, 0.15) is 30.0 Å². The summed E-state index contributed by atoms with van der Waals surface area (Å²) in [7, 11) is 1.55. The van der Waals surface area contributed by atoms with Crippen LogP contribution < -0.4 is 15.4 Å². The Morgan fingerprint density at radius 2 is 1.87 bits per heavy atom. The SMILES string of the molecule is CCc1nc(SC(C)C(=O)Nc2ccc(C(=O)Nc3ccccc3OC)cc2)n[nH]1. The number of rotatable bonds is 8. The van der Waals surface area contributed by atoms with Crippen LogP contribution in [0.4, 0.5) is 11.4 Å². The minimum Gasteiger partial charge on any atom is -0.495 e. The largest absolute Gasteiger partial charge is 0.495 e. The number of para-hydroxylation sites is 2. The van der Waals surface area contributed by atoms with Crippen LogP contribution in [-0.2, 0) is 11.2 Å². The van der Waals surface area contributed by atoms with Crippen LogP contribution in [0.25, 0.3) is 0 Å². The van der Waals surface area contributed by atoms with Crippen molar-refractivity contribution in [2.75, 3.05) is 17.7 Å². The highest BCUT2D eigenvalue weighted by Gasteiger charge is 2.17. The first-order valence-corrected chi connectivity index (χ1v) is 10.3. The van der Waals surface area contributed by atoms with Gasteiger partial charge < -0.3 is 15.4 Å². The first-order chi connectivity index (χ1) is 14.5. The van der Waals surface area contributed by atoms with Gasteiger partial charge >= 0.3 is 0 Å². The van der Waals surface area contributed by atoms with E-state index in [4.69, 9.17) is 4.74 Å². The first kappa shape index (κ1) is 21.4. The zero-order valence-electron chi connectivity index (χ0n) is 16.9. The van der Waals surface area contributed by atoms with E-state index < -0.39 is 0 Å². The van der Waals surface area contributed by atoms with Crippen LogP contribution in [0.2, 0.25) is 0 Å². The van der Waals surface area contributed by atoms with Gasteiger partial charge in [0.2, 0.25) is 11.1 Å². The molecule has 1 heterocycles. The second-order valence-electron chi connectivity index (χ2n) is 6.40. The fourth-order valence-electron chi connectivity index (χ4n) is 2.59. The van der Waals surface area contributed by atoms with E-state index in [2.05, 4.69) is 25.8 Å². The lowest BCUT2D eigenvalue weighted by Gasteiger charge is -2.12. The summed E-state index contributed by atoms with van der Waals surface area (Å²) < 4.78 is 5.24. The molecule has 2 amide bonds. The van der Waals surface area contributed by atoms with E-state index in [1.807, 2.05) is 19.1 Å².